The Balaban J connectivity index is 1.64. The smallest absolute Gasteiger partial charge is 0.214 e. The Kier molecular flexibility index (Phi) is 8.67. The van der Waals surface area contributed by atoms with E-state index in [9.17, 15) is 5.11 Å². The maximum atomic E-state index is 10.3. The van der Waals surface area contributed by atoms with Gasteiger partial charge >= 0.3 is 0 Å². The van der Waals surface area contributed by atoms with Gasteiger partial charge in [-0.1, -0.05) is 63.6 Å². The van der Waals surface area contributed by atoms with Crippen LogP contribution in [0.5, 0.6) is 0 Å². The van der Waals surface area contributed by atoms with Crippen molar-refractivity contribution in [3.8, 4) is 5.69 Å². The van der Waals surface area contributed by atoms with Crippen LogP contribution in [0.15, 0.2) is 35.5 Å². The van der Waals surface area contributed by atoms with Gasteiger partial charge in [0.15, 0.2) is 8.32 Å². The molecule has 0 spiro atoms. The number of thioether (sulfide) groups is 1. The van der Waals surface area contributed by atoms with Gasteiger partial charge in [0.2, 0.25) is 5.16 Å². The fourth-order valence-electron chi connectivity index (χ4n) is 2.46. The molecular weight excluding hydrogens is 388 g/mol. The molecule has 1 heterocycles. The van der Waals surface area contributed by atoms with Crippen LogP contribution in [0.3, 0.4) is 0 Å². The van der Waals surface area contributed by atoms with Crippen LogP contribution in [-0.4, -0.2) is 52.1 Å². The topological polar surface area (TPSA) is 73.1 Å². The Bertz CT molecular complexity index is 704. The SMILES string of the molecule is CC(C)(C)[Si](C)(C)OCCCCC[C@@H](O)CSc1nnnn1-c1ccccc1. The van der Waals surface area contributed by atoms with Gasteiger partial charge in [-0.25, -0.2) is 0 Å². The zero-order valence-corrected chi connectivity index (χ0v) is 19.6. The molecule has 0 aliphatic rings. The van der Waals surface area contributed by atoms with Crippen LogP contribution >= 0.6 is 11.8 Å². The average Bonchev–Trinajstić information content (AvgIpc) is 3.11. The molecule has 0 aliphatic carbocycles. The zero-order valence-electron chi connectivity index (χ0n) is 17.8. The van der Waals surface area contributed by atoms with Gasteiger partial charge in [0.05, 0.1) is 11.8 Å². The lowest BCUT2D eigenvalue weighted by Crippen LogP contribution is -2.40. The molecule has 0 saturated carbocycles. The van der Waals surface area contributed by atoms with E-state index >= 15 is 0 Å². The number of tetrazole rings is 1. The van der Waals surface area contributed by atoms with Gasteiger partial charge in [0.25, 0.3) is 0 Å². The summed E-state index contributed by atoms with van der Waals surface area (Å²) in [5, 5.41) is 23.1. The first-order valence-electron chi connectivity index (χ1n) is 9.99. The number of aliphatic hydroxyl groups is 1. The lowest BCUT2D eigenvalue weighted by atomic mass is 10.1. The molecule has 1 N–H and O–H groups in total. The second-order valence-electron chi connectivity index (χ2n) is 8.63. The number of aromatic nitrogens is 4. The third-order valence-corrected chi connectivity index (χ3v) is 10.9. The highest BCUT2D eigenvalue weighted by Gasteiger charge is 2.36. The first-order chi connectivity index (χ1) is 13.2. The molecule has 0 saturated heterocycles. The van der Waals surface area contributed by atoms with Gasteiger partial charge in [0.1, 0.15) is 0 Å². The molecule has 0 unspecified atom stereocenters. The molecule has 1 aromatic heterocycles. The van der Waals surface area contributed by atoms with Crippen LogP contribution < -0.4 is 0 Å². The lowest BCUT2D eigenvalue weighted by molar-refractivity contribution is 0.183. The summed E-state index contributed by atoms with van der Waals surface area (Å²) >= 11 is 1.49. The van der Waals surface area contributed by atoms with E-state index in [1.165, 1.54) is 11.8 Å². The highest BCUT2D eigenvalue weighted by molar-refractivity contribution is 7.99. The summed E-state index contributed by atoms with van der Waals surface area (Å²) in [6.07, 6.45) is 3.58. The van der Waals surface area contributed by atoms with Crippen molar-refractivity contribution in [2.24, 2.45) is 0 Å². The minimum Gasteiger partial charge on any atom is -0.417 e. The number of benzene rings is 1. The van der Waals surface area contributed by atoms with Crippen molar-refractivity contribution < 1.29 is 9.53 Å². The zero-order chi connectivity index (χ0) is 20.6. The minimum absolute atomic E-state index is 0.260. The van der Waals surface area contributed by atoms with Crippen molar-refractivity contribution in [3.63, 3.8) is 0 Å². The normalized spacial score (nSPS) is 13.6. The molecule has 0 fully saturated rings. The standard InChI is InChI=1S/C20H34N4O2SSi/c1-20(2,3)28(4,5)26-15-11-7-10-14-18(25)16-27-19-21-22-23-24(19)17-12-8-6-9-13-17/h6,8-9,12-13,18,25H,7,10-11,14-16H2,1-5H3/t18-/m1/s1. The maximum Gasteiger partial charge on any atom is 0.214 e. The van der Waals surface area contributed by atoms with Gasteiger partial charge in [-0.05, 0) is 53.5 Å². The molecule has 1 atom stereocenters. The molecule has 0 amide bonds. The van der Waals surface area contributed by atoms with E-state index in [4.69, 9.17) is 4.43 Å². The molecule has 2 aromatic rings. The Morgan fingerprint density at radius 1 is 1.14 bits per heavy atom. The van der Waals surface area contributed by atoms with Crippen molar-refractivity contribution in [2.75, 3.05) is 12.4 Å². The molecule has 0 aliphatic heterocycles. The molecule has 156 valence electrons. The Hall–Kier alpha value is -1.22. The predicted octanol–water partition coefficient (Wildman–Crippen LogP) is 4.70. The molecule has 8 heteroatoms. The molecule has 0 radical (unpaired) electrons. The summed E-state index contributed by atoms with van der Waals surface area (Å²) in [4.78, 5) is 0. The van der Waals surface area contributed by atoms with E-state index in [0.717, 1.165) is 38.0 Å². The Labute approximate surface area is 174 Å². The summed E-state index contributed by atoms with van der Waals surface area (Å²) in [5.41, 5.74) is 0.922. The van der Waals surface area contributed by atoms with Crippen molar-refractivity contribution in [2.45, 2.75) is 75.8 Å². The van der Waals surface area contributed by atoms with Gasteiger partial charge in [-0.15, -0.1) is 5.10 Å². The number of nitrogens with zero attached hydrogens (tertiary/aromatic N) is 4. The van der Waals surface area contributed by atoms with Crippen LogP contribution in [0, 0.1) is 0 Å². The number of para-hydroxylation sites is 1. The van der Waals surface area contributed by atoms with Crippen molar-refractivity contribution >= 4 is 20.1 Å². The Morgan fingerprint density at radius 2 is 1.86 bits per heavy atom. The van der Waals surface area contributed by atoms with E-state index in [1.807, 2.05) is 30.3 Å². The molecular formula is C20H34N4O2SSi. The number of rotatable bonds is 11. The van der Waals surface area contributed by atoms with E-state index < -0.39 is 8.32 Å². The van der Waals surface area contributed by atoms with E-state index in [0.29, 0.717) is 10.9 Å². The van der Waals surface area contributed by atoms with E-state index in [-0.39, 0.29) is 11.1 Å². The third-order valence-electron chi connectivity index (χ3n) is 5.30. The van der Waals surface area contributed by atoms with E-state index in [2.05, 4.69) is 49.4 Å². The quantitative estimate of drug-likeness (QED) is 0.321. The van der Waals surface area contributed by atoms with E-state index in [1.54, 1.807) is 4.68 Å². The molecule has 28 heavy (non-hydrogen) atoms. The summed E-state index contributed by atoms with van der Waals surface area (Å²) in [7, 11) is -1.64. The number of hydrogen-bond donors (Lipinski definition) is 1. The summed E-state index contributed by atoms with van der Waals surface area (Å²) in [5.74, 6) is 0.591. The van der Waals surface area contributed by atoms with Crippen LogP contribution in [0.4, 0.5) is 0 Å². The predicted molar refractivity (Wildman–Crippen MR) is 118 cm³/mol. The van der Waals surface area contributed by atoms with Crippen LogP contribution in [-0.2, 0) is 4.43 Å². The van der Waals surface area contributed by atoms with Crippen LogP contribution in [0.1, 0.15) is 46.5 Å². The largest absolute Gasteiger partial charge is 0.417 e. The maximum absolute atomic E-state index is 10.3. The number of unbranched alkanes of at least 4 members (excludes halogenated alkanes) is 2. The monoisotopic (exact) mass is 422 g/mol. The summed E-state index contributed by atoms with van der Waals surface area (Å²) < 4.78 is 7.90. The highest BCUT2D eigenvalue weighted by Crippen LogP contribution is 2.36. The van der Waals surface area contributed by atoms with Crippen LogP contribution in [0.25, 0.3) is 5.69 Å². The average molecular weight is 423 g/mol. The fourth-order valence-corrected chi connectivity index (χ4v) is 4.41. The number of hydrogen-bond acceptors (Lipinski definition) is 6. The highest BCUT2D eigenvalue weighted by atomic mass is 32.2. The Morgan fingerprint density at radius 3 is 2.54 bits per heavy atom. The van der Waals surface area contributed by atoms with Crippen molar-refractivity contribution in [1.82, 2.24) is 20.2 Å². The van der Waals surface area contributed by atoms with Gasteiger partial charge in [0, 0.05) is 12.4 Å². The van der Waals surface area contributed by atoms with Crippen LogP contribution in [0.2, 0.25) is 18.1 Å². The second kappa shape index (κ2) is 10.5. The summed E-state index contributed by atoms with van der Waals surface area (Å²) in [6.45, 7) is 12.2. The first kappa shape index (κ1) is 23.1. The van der Waals surface area contributed by atoms with Gasteiger partial charge in [-0.3, -0.25) is 0 Å². The molecule has 0 bridgehead atoms. The van der Waals surface area contributed by atoms with Gasteiger partial charge < -0.3 is 9.53 Å². The first-order valence-corrected chi connectivity index (χ1v) is 13.9. The minimum atomic E-state index is -1.64. The van der Waals surface area contributed by atoms with Crippen molar-refractivity contribution in [1.29, 1.82) is 0 Å². The third kappa shape index (κ3) is 6.99. The van der Waals surface area contributed by atoms with Gasteiger partial charge in [-0.2, -0.15) is 4.68 Å². The molecule has 6 nitrogen and oxygen atoms in total. The molecule has 2 rings (SSSR count). The fraction of sp³-hybridized carbons (Fsp3) is 0.650. The second-order valence-corrected chi connectivity index (χ2v) is 14.4. The number of aliphatic hydroxyl groups excluding tert-OH is 1. The van der Waals surface area contributed by atoms with Crippen molar-refractivity contribution in [3.05, 3.63) is 30.3 Å². The molecule has 1 aromatic carbocycles. The summed E-state index contributed by atoms with van der Waals surface area (Å²) in [6, 6.07) is 9.79. The lowest BCUT2D eigenvalue weighted by Gasteiger charge is -2.36.